The highest BCUT2D eigenvalue weighted by Gasteiger charge is 2.32. The molecule has 0 bridgehead atoms. The Morgan fingerprint density at radius 2 is 1.76 bits per heavy atom. The number of aromatic nitrogens is 2. The Hall–Kier alpha value is -3.67. The van der Waals surface area contributed by atoms with E-state index in [0.717, 1.165) is 49.7 Å². The van der Waals surface area contributed by atoms with Crippen LogP contribution in [0, 0.1) is 11.3 Å². The molecule has 2 fully saturated rings. The van der Waals surface area contributed by atoms with Gasteiger partial charge in [-0.3, -0.25) is 4.79 Å². The Balaban J connectivity index is 1.17. The smallest absolute Gasteiger partial charge is 0.244 e. The lowest BCUT2D eigenvalue weighted by Crippen LogP contribution is -2.38. The normalized spacial score (nSPS) is 18.3. The monoisotopic (exact) mass is 456 g/mol. The molecule has 2 saturated heterocycles. The predicted molar refractivity (Wildman–Crippen MR) is 130 cm³/mol. The average Bonchev–Trinajstić information content (AvgIpc) is 3.49. The lowest BCUT2D eigenvalue weighted by molar-refractivity contribution is -0.118. The number of hydrogen-bond donors (Lipinski definition) is 1. The molecule has 0 spiro atoms. The van der Waals surface area contributed by atoms with Gasteiger partial charge in [0.25, 0.3) is 0 Å². The molecule has 3 heterocycles. The Bertz CT molecular complexity index is 1160. The standard InChI is InChI=1S/C26H28N6O2/c27-15-20-1-3-21(4-2-20)18-31-19-28-16-24(31)17-29-25-9-10-32(26(25)33)23-7-5-22(6-8-23)30-11-13-34-14-12-30/h1-8,16,19,25,29H,9-14,17-18H2/t25-/m0/s1. The van der Waals surface area contributed by atoms with E-state index in [1.54, 1.807) is 6.33 Å². The van der Waals surface area contributed by atoms with E-state index in [-0.39, 0.29) is 11.9 Å². The molecule has 174 valence electrons. The maximum absolute atomic E-state index is 13.1. The zero-order valence-corrected chi connectivity index (χ0v) is 19.1. The molecule has 8 heteroatoms. The molecular formula is C26H28N6O2. The minimum Gasteiger partial charge on any atom is -0.378 e. The zero-order chi connectivity index (χ0) is 23.3. The summed E-state index contributed by atoms with van der Waals surface area (Å²) in [5.74, 6) is 0.109. The van der Waals surface area contributed by atoms with E-state index >= 15 is 0 Å². The summed E-state index contributed by atoms with van der Waals surface area (Å²) in [6, 6.07) is 17.8. The van der Waals surface area contributed by atoms with Crippen LogP contribution in [-0.2, 0) is 22.6 Å². The van der Waals surface area contributed by atoms with Crippen LogP contribution >= 0.6 is 0 Å². The number of benzene rings is 2. The van der Waals surface area contributed by atoms with Gasteiger partial charge in [-0.2, -0.15) is 5.26 Å². The molecule has 0 radical (unpaired) electrons. The molecule has 8 nitrogen and oxygen atoms in total. The van der Waals surface area contributed by atoms with E-state index in [1.807, 2.05) is 47.5 Å². The van der Waals surface area contributed by atoms with Crippen LogP contribution in [0.4, 0.5) is 11.4 Å². The highest BCUT2D eigenvalue weighted by atomic mass is 16.5. The molecule has 0 saturated carbocycles. The Morgan fingerprint density at radius 3 is 2.50 bits per heavy atom. The summed E-state index contributed by atoms with van der Waals surface area (Å²) >= 11 is 0. The first kappa shape index (κ1) is 22.1. The first-order valence-corrected chi connectivity index (χ1v) is 11.7. The molecule has 0 unspecified atom stereocenters. The first-order valence-electron chi connectivity index (χ1n) is 11.7. The molecular weight excluding hydrogens is 428 g/mol. The molecule has 1 N–H and O–H groups in total. The second-order valence-electron chi connectivity index (χ2n) is 8.65. The average molecular weight is 457 g/mol. The van der Waals surface area contributed by atoms with E-state index in [4.69, 9.17) is 10.00 Å². The number of amides is 1. The van der Waals surface area contributed by atoms with Crippen molar-refractivity contribution >= 4 is 17.3 Å². The van der Waals surface area contributed by atoms with Crippen LogP contribution in [0.3, 0.4) is 0 Å². The minimum absolute atomic E-state index is 0.109. The molecule has 1 atom stereocenters. The van der Waals surface area contributed by atoms with Crippen molar-refractivity contribution in [2.24, 2.45) is 0 Å². The molecule has 2 aromatic carbocycles. The van der Waals surface area contributed by atoms with Crippen molar-refractivity contribution in [1.29, 1.82) is 5.26 Å². The van der Waals surface area contributed by atoms with Crippen molar-refractivity contribution in [3.63, 3.8) is 0 Å². The summed E-state index contributed by atoms with van der Waals surface area (Å²) in [6.07, 6.45) is 4.40. The first-order chi connectivity index (χ1) is 16.7. The van der Waals surface area contributed by atoms with Gasteiger partial charge in [0.2, 0.25) is 5.91 Å². The Morgan fingerprint density at radius 1 is 1.03 bits per heavy atom. The van der Waals surface area contributed by atoms with Crippen LogP contribution in [0.5, 0.6) is 0 Å². The summed E-state index contributed by atoms with van der Waals surface area (Å²) in [5, 5.41) is 12.4. The van der Waals surface area contributed by atoms with Crippen LogP contribution in [0.15, 0.2) is 61.1 Å². The van der Waals surface area contributed by atoms with Gasteiger partial charge in [0.1, 0.15) is 0 Å². The molecule has 1 amide bonds. The number of ether oxygens (including phenoxy) is 1. The van der Waals surface area contributed by atoms with Crippen molar-refractivity contribution in [2.45, 2.75) is 25.6 Å². The summed E-state index contributed by atoms with van der Waals surface area (Å²) < 4.78 is 7.50. The maximum atomic E-state index is 13.1. The second-order valence-corrected chi connectivity index (χ2v) is 8.65. The van der Waals surface area contributed by atoms with Gasteiger partial charge in [-0.25, -0.2) is 4.98 Å². The second kappa shape index (κ2) is 10.1. The minimum atomic E-state index is -0.211. The number of hydrogen-bond acceptors (Lipinski definition) is 6. The number of imidazole rings is 1. The van der Waals surface area contributed by atoms with Gasteiger partial charge >= 0.3 is 0 Å². The number of anilines is 2. The van der Waals surface area contributed by atoms with Gasteiger partial charge in [-0.1, -0.05) is 12.1 Å². The van der Waals surface area contributed by atoms with E-state index in [0.29, 0.717) is 25.2 Å². The third-order valence-corrected chi connectivity index (χ3v) is 6.51. The largest absolute Gasteiger partial charge is 0.378 e. The number of rotatable bonds is 7. The van der Waals surface area contributed by atoms with Crippen molar-refractivity contribution in [1.82, 2.24) is 14.9 Å². The van der Waals surface area contributed by atoms with Crippen LogP contribution in [0.25, 0.3) is 0 Å². The third-order valence-electron chi connectivity index (χ3n) is 6.51. The molecule has 2 aliphatic heterocycles. The number of carbonyl (C=O) groups is 1. The molecule has 0 aliphatic carbocycles. The number of carbonyl (C=O) groups excluding carboxylic acids is 1. The molecule has 34 heavy (non-hydrogen) atoms. The van der Waals surface area contributed by atoms with Gasteiger partial charge in [-0.05, 0) is 48.4 Å². The summed E-state index contributed by atoms with van der Waals surface area (Å²) in [5.41, 5.74) is 4.88. The summed E-state index contributed by atoms with van der Waals surface area (Å²) in [4.78, 5) is 21.5. The maximum Gasteiger partial charge on any atom is 0.244 e. The Kier molecular flexibility index (Phi) is 6.56. The van der Waals surface area contributed by atoms with E-state index < -0.39 is 0 Å². The lowest BCUT2D eigenvalue weighted by atomic mass is 10.1. The number of nitriles is 1. The van der Waals surface area contributed by atoms with Crippen LogP contribution in [0.1, 0.15) is 23.2 Å². The fourth-order valence-electron chi connectivity index (χ4n) is 4.54. The van der Waals surface area contributed by atoms with Gasteiger partial charge in [-0.15, -0.1) is 0 Å². The SMILES string of the molecule is N#Cc1ccc(Cn2cncc2CN[C@H]2CCN(c3ccc(N4CCOCC4)cc3)C2=O)cc1. The summed E-state index contributed by atoms with van der Waals surface area (Å²) in [6.45, 7) is 5.25. The number of nitrogens with zero attached hydrogens (tertiary/aromatic N) is 5. The third kappa shape index (κ3) is 4.81. The number of nitrogens with one attached hydrogen (secondary N) is 1. The quantitative estimate of drug-likeness (QED) is 0.588. The van der Waals surface area contributed by atoms with E-state index in [1.165, 1.54) is 5.69 Å². The van der Waals surface area contributed by atoms with Crippen LogP contribution < -0.4 is 15.1 Å². The van der Waals surface area contributed by atoms with Crippen LogP contribution in [-0.4, -0.2) is 54.3 Å². The van der Waals surface area contributed by atoms with E-state index in [2.05, 4.69) is 38.0 Å². The van der Waals surface area contributed by atoms with Gasteiger partial charge < -0.3 is 24.4 Å². The van der Waals surface area contributed by atoms with Gasteiger partial charge in [0.15, 0.2) is 0 Å². The fourth-order valence-corrected chi connectivity index (χ4v) is 4.54. The molecule has 5 rings (SSSR count). The van der Waals surface area contributed by atoms with Crippen molar-refractivity contribution in [3.05, 3.63) is 77.9 Å². The van der Waals surface area contributed by atoms with Crippen molar-refractivity contribution in [3.8, 4) is 6.07 Å². The zero-order valence-electron chi connectivity index (χ0n) is 19.1. The van der Waals surface area contributed by atoms with Gasteiger partial charge in [0.05, 0.1) is 42.9 Å². The van der Waals surface area contributed by atoms with Gasteiger partial charge in [0, 0.05) is 50.3 Å². The fraction of sp³-hybridized carbons (Fsp3) is 0.346. The topological polar surface area (TPSA) is 86.4 Å². The molecule has 1 aromatic heterocycles. The number of morpholine rings is 1. The molecule has 2 aliphatic rings. The predicted octanol–water partition coefficient (Wildman–Crippen LogP) is 2.53. The highest BCUT2D eigenvalue weighted by molar-refractivity contribution is 5.99. The van der Waals surface area contributed by atoms with Crippen LogP contribution in [0.2, 0.25) is 0 Å². The van der Waals surface area contributed by atoms with Crippen molar-refractivity contribution in [2.75, 3.05) is 42.6 Å². The highest BCUT2D eigenvalue weighted by Crippen LogP contribution is 2.25. The molecule has 3 aromatic rings. The van der Waals surface area contributed by atoms with E-state index in [9.17, 15) is 4.79 Å². The van der Waals surface area contributed by atoms with Crippen molar-refractivity contribution < 1.29 is 9.53 Å². The lowest BCUT2D eigenvalue weighted by Gasteiger charge is -2.29. The summed E-state index contributed by atoms with van der Waals surface area (Å²) in [7, 11) is 0. The Labute approximate surface area is 199 Å².